The number of nitrogens with one attached hydrogen (secondary N) is 1. The first-order valence-corrected chi connectivity index (χ1v) is 7.95. The summed E-state index contributed by atoms with van der Waals surface area (Å²) in [5.41, 5.74) is 1.77. The summed E-state index contributed by atoms with van der Waals surface area (Å²) in [6.07, 6.45) is 1.19. The van der Waals surface area contributed by atoms with Gasteiger partial charge in [-0.1, -0.05) is 0 Å². The summed E-state index contributed by atoms with van der Waals surface area (Å²) in [7, 11) is -0.520. The number of fused-ring (bicyclic) bond motifs is 1. The van der Waals surface area contributed by atoms with Gasteiger partial charge in [0.1, 0.15) is 0 Å². The fourth-order valence-electron chi connectivity index (χ4n) is 2.12. The van der Waals surface area contributed by atoms with Crippen molar-refractivity contribution in [2.75, 3.05) is 0 Å². The molecule has 1 saturated heterocycles. The summed E-state index contributed by atoms with van der Waals surface area (Å²) < 4.78 is 1.64. The molecule has 2 rings (SSSR count). The smallest absolute Gasteiger partial charge is 1.00 e. The van der Waals surface area contributed by atoms with Crippen LogP contribution in [0.2, 0.25) is 6.55 Å². The van der Waals surface area contributed by atoms with Crippen LogP contribution in [0.1, 0.15) is 27.2 Å². The molecule has 1 aliphatic heterocycles. The maximum atomic E-state index is 3.64. The molecule has 0 saturated carbocycles. The Kier molecular flexibility index (Phi) is 5.23. The Morgan fingerprint density at radius 1 is 1.20 bits per heavy atom. The first-order valence-electron chi connectivity index (χ1n) is 4.86. The first-order chi connectivity index (χ1) is 5.90. The quantitative estimate of drug-likeness (QED) is 0.484. The monoisotopic (exact) mass is 296 g/mol. The minimum Gasteiger partial charge on any atom is -1.00 e. The van der Waals surface area contributed by atoms with Crippen LogP contribution in [-0.4, -0.2) is 14.3 Å². The Morgan fingerprint density at radius 3 is 2.07 bits per heavy atom. The maximum Gasteiger partial charge on any atom is -1.00 e. The maximum absolute atomic E-state index is 3.64. The number of halogens is 2. The zero-order chi connectivity index (χ0) is 9.80. The minimum absolute atomic E-state index is 0. The van der Waals surface area contributed by atoms with Crippen molar-refractivity contribution in [1.82, 2.24) is 5.32 Å². The molecule has 15 heavy (non-hydrogen) atoms. The van der Waals surface area contributed by atoms with Gasteiger partial charge in [-0.15, -0.1) is 0 Å². The van der Waals surface area contributed by atoms with E-state index < -0.39 is 8.80 Å². The number of rotatable bonds is 1. The van der Waals surface area contributed by atoms with Crippen LogP contribution in [0.15, 0.2) is 20.0 Å². The Bertz CT molecular complexity index is 331. The molecular formula is C10H16Cl2NSiTi. The van der Waals surface area contributed by atoms with E-state index in [-0.39, 0.29) is 30.4 Å². The van der Waals surface area contributed by atoms with Crippen LogP contribution in [0.25, 0.3) is 0 Å². The van der Waals surface area contributed by atoms with Gasteiger partial charge in [0.15, 0.2) is 0 Å². The van der Waals surface area contributed by atoms with Gasteiger partial charge in [0.05, 0.1) is 0 Å². The standard InChI is InChI=1S/C10H16NSi.2ClH.Ti/c1-10(2,3)11-7-5-6-8-9(7)12(8)4;;;/h11-12H,5H2,1-4H3;2*1H;/q;;;+2/p-2. The van der Waals surface area contributed by atoms with E-state index in [0.29, 0.717) is 0 Å². The summed E-state index contributed by atoms with van der Waals surface area (Å²) in [6.45, 7) is 9.16. The van der Waals surface area contributed by atoms with Crippen LogP contribution in [0, 0.1) is 0 Å². The second kappa shape index (κ2) is 4.97. The van der Waals surface area contributed by atoms with Crippen molar-refractivity contribution in [3.63, 3.8) is 0 Å². The van der Waals surface area contributed by atoms with E-state index in [0.717, 1.165) is 0 Å². The van der Waals surface area contributed by atoms with Gasteiger partial charge in [-0.2, -0.15) is 0 Å². The van der Waals surface area contributed by atoms with Crippen LogP contribution in [0.5, 0.6) is 0 Å². The van der Waals surface area contributed by atoms with Gasteiger partial charge >= 0.3 is 93.8 Å². The molecule has 83 valence electrons. The summed E-state index contributed by atoms with van der Waals surface area (Å²) in [4.78, 5) is 0. The minimum atomic E-state index is -0.520. The zero-order valence-corrected chi connectivity index (χ0v) is 13.8. The van der Waals surface area contributed by atoms with Gasteiger partial charge in [0.25, 0.3) is 0 Å². The third-order valence-corrected chi connectivity index (χ3v) is 6.47. The molecule has 1 fully saturated rings. The van der Waals surface area contributed by atoms with E-state index >= 15 is 0 Å². The predicted molar refractivity (Wildman–Crippen MR) is 54.6 cm³/mol. The summed E-state index contributed by atoms with van der Waals surface area (Å²) >= 11 is 2.29. The number of hydrogen-bond acceptors (Lipinski definition) is 1. The Labute approximate surface area is 118 Å². The molecule has 1 aliphatic carbocycles. The van der Waals surface area contributed by atoms with Crippen LogP contribution in [0.4, 0.5) is 0 Å². The van der Waals surface area contributed by atoms with Gasteiger partial charge in [-0.25, -0.2) is 0 Å². The van der Waals surface area contributed by atoms with Crippen molar-refractivity contribution in [2.45, 2.75) is 39.3 Å². The third kappa shape index (κ3) is 3.13. The second-order valence-electron chi connectivity index (χ2n) is 5.06. The Morgan fingerprint density at radius 2 is 1.73 bits per heavy atom. The second-order valence-corrected chi connectivity index (χ2v) is 8.60. The third-order valence-electron chi connectivity index (χ3n) is 2.60. The summed E-state index contributed by atoms with van der Waals surface area (Å²) in [5.74, 6) is 0. The van der Waals surface area contributed by atoms with Crippen molar-refractivity contribution in [1.29, 1.82) is 0 Å². The van der Waals surface area contributed by atoms with Gasteiger partial charge in [-0.05, 0) is 0 Å². The number of hydrogen-bond donors (Lipinski definition) is 1. The van der Waals surface area contributed by atoms with E-state index in [1.165, 1.54) is 6.42 Å². The molecule has 0 radical (unpaired) electrons. The fraction of sp³-hybridized carbons (Fsp3) is 0.600. The summed E-state index contributed by atoms with van der Waals surface area (Å²) in [6, 6.07) is 0. The molecule has 1 nitrogen and oxygen atoms in total. The topological polar surface area (TPSA) is 12.0 Å². The Hall–Kier alpha value is 0.791. The molecule has 0 amide bonds. The molecule has 5 heteroatoms. The molecule has 0 aromatic rings. The van der Waals surface area contributed by atoms with Crippen molar-refractivity contribution < 1.29 is 45.2 Å². The molecule has 0 aromatic heterocycles. The summed E-state index contributed by atoms with van der Waals surface area (Å²) in [5, 5.41) is 7.16. The molecule has 2 aliphatic rings. The van der Waals surface area contributed by atoms with Crippen molar-refractivity contribution in [2.24, 2.45) is 0 Å². The van der Waals surface area contributed by atoms with Crippen molar-refractivity contribution in [3.8, 4) is 0 Å². The van der Waals surface area contributed by atoms with Gasteiger partial charge in [0.2, 0.25) is 0 Å². The van der Waals surface area contributed by atoms with E-state index in [9.17, 15) is 0 Å². The fourth-order valence-corrected chi connectivity index (χ4v) is 6.68. The van der Waals surface area contributed by atoms with Crippen LogP contribution in [0.3, 0.4) is 0 Å². The average Bonchev–Trinajstić information content (AvgIpc) is 2.45. The van der Waals surface area contributed by atoms with E-state index in [1.807, 2.05) is 0 Å². The molecule has 0 spiro atoms. The number of allylic oxidation sites excluding steroid dienone is 3. The van der Waals surface area contributed by atoms with Crippen LogP contribution >= 0.6 is 0 Å². The molecule has 0 bridgehead atoms. The normalized spacial score (nSPS) is 23.2. The SMILES string of the molecule is C[SiH]1C2=[C]([Ti+2])CC(NC(C)(C)C)=C21.[Cl-].[Cl-]. The van der Waals surface area contributed by atoms with Gasteiger partial charge in [-0.3, -0.25) is 0 Å². The molecule has 0 aromatic carbocycles. The molecule has 1 heterocycles. The van der Waals surface area contributed by atoms with Crippen molar-refractivity contribution >= 4 is 8.80 Å². The Balaban J connectivity index is 0.000000980. The average molecular weight is 297 g/mol. The molecule has 1 atom stereocenters. The molecule has 1 N–H and O–H groups in total. The van der Waals surface area contributed by atoms with E-state index in [4.69, 9.17) is 0 Å². The predicted octanol–water partition coefficient (Wildman–Crippen LogP) is -4.21. The van der Waals surface area contributed by atoms with Crippen molar-refractivity contribution in [3.05, 3.63) is 20.0 Å². The zero-order valence-electron chi connectivity index (χ0n) is 9.54. The van der Waals surface area contributed by atoms with Crippen LogP contribution in [-0.2, 0) is 20.4 Å². The van der Waals surface area contributed by atoms with E-state index in [2.05, 4.69) is 53.1 Å². The first kappa shape index (κ1) is 15.8. The molecular weight excluding hydrogens is 281 g/mol. The largest absolute Gasteiger partial charge is 1.00 e. The van der Waals surface area contributed by atoms with Gasteiger partial charge < -0.3 is 24.8 Å². The molecule has 1 unspecified atom stereocenters. The van der Waals surface area contributed by atoms with Gasteiger partial charge in [0, 0.05) is 0 Å². The van der Waals surface area contributed by atoms with E-state index in [1.54, 1.807) is 20.0 Å². The van der Waals surface area contributed by atoms with Crippen LogP contribution < -0.4 is 30.1 Å².